The Hall–Kier alpha value is -1.29. The van der Waals surface area contributed by atoms with Gasteiger partial charge in [0, 0.05) is 0 Å². The Bertz CT molecular complexity index is 377. The zero-order chi connectivity index (χ0) is 10.1. The van der Waals surface area contributed by atoms with Crippen LogP contribution < -0.4 is 10.5 Å². The lowest BCUT2D eigenvalue weighted by Crippen LogP contribution is -2.14. The molecule has 0 aliphatic heterocycles. The highest BCUT2D eigenvalue weighted by Crippen LogP contribution is 2.29. The predicted molar refractivity (Wildman–Crippen MR) is 51.4 cm³/mol. The number of halogens is 1. The zero-order valence-electron chi connectivity index (χ0n) is 7.37. The van der Waals surface area contributed by atoms with Crippen LogP contribution in [0, 0.1) is 0 Å². The van der Waals surface area contributed by atoms with Gasteiger partial charge in [0.15, 0.2) is 5.75 Å². The summed E-state index contributed by atoms with van der Waals surface area (Å²) in [4.78, 5) is 14.9. The van der Waals surface area contributed by atoms with Crippen molar-refractivity contribution in [2.24, 2.45) is 5.73 Å². The molecule has 0 unspecified atom stereocenters. The summed E-state index contributed by atoms with van der Waals surface area (Å²) in [7, 11) is 0. The number of nitrogens with zero attached hydrogens (tertiary/aromatic N) is 1. The molecule has 1 aromatic rings. The largest absolute Gasteiger partial charge is 0.488 e. The van der Waals surface area contributed by atoms with E-state index in [9.17, 15) is 4.79 Å². The number of nitrogens with two attached hydrogens (primary N) is 1. The minimum absolute atomic E-state index is 0.205. The average Bonchev–Trinajstić information content (AvgIpc) is 2.91. The van der Waals surface area contributed by atoms with Crippen molar-refractivity contribution >= 4 is 17.5 Å². The summed E-state index contributed by atoms with van der Waals surface area (Å²) in [5, 5.41) is 0.238. The van der Waals surface area contributed by atoms with Crippen LogP contribution >= 0.6 is 11.6 Å². The van der Waals surface area contributed by atoms with Gasteiger partial charge >= 0.3 is 0 Å². The summed E-state index contributed by atoms with van der Waals surface area (Å²) < 4.78 is 5.45. The molecule has 4 nitrogen and oxygen atoms in total. The van der Waals surface area contributed by atoms with E-state index in [0.29, 0.717) is 5.75 Å². The molecular weight excluding hydrogens is 204 g/mol. The van der Waals surface area contributed by atoms with Gasteiger partial charge in [0.1, 0.15) is 5.15 Å². The molecule has 5 heteroatoms. The van der Waals surface area contributed by atoms with Crippen molar-refractivity contribution in [3.63, 3.8) is 0 Å². The van der Waals surface area contributed by atoms with E-state index in [1.54, 1.807) is 0 Å². The summed E-state index contributed by atoms with van der Waals surface area (Å²) in [6.45, 7) is 0. The van der Waals surface area contributed by atoms with Gasteiger partial charge in [-0.25, -0.2) is 4.98 Å². The number of ether oxygens (including phenoxy) is 1. The molecule has 74 valence electrons. The molecule has 1 fully saturated rings. The summed E-state index contributed by atoms with van der Waals surface area (Å²) in [5.74, 6) is -0.130. The number of rotatable bonds is 3. The smallest absolute Gasteiger partial charge is 0.252 e. The van der Waals surface area contributed by atoms with E-state index in [4.69, 9.17) is 22.1 Å². The molecule has 1 aromatic heterocycles. The second-order valence-corrected chi connectivity index (χ2v) is 3.57. The normalized spacial score (nSPS) is 15.2. The fourth-order valence-corrected chi connectivity index (χ4v) is 1.23. The van der Waals surface area contributed by atoms with Crippen LogP contribution in [0.1, 0.15) is 23.2 Å². The lowest BCUT2D eigenvalue weighted by molar-refractivity contribution is 0.0996. The molecule has 0 radical (unpaired) electrons. The molecule has 2 rings (SSSR count). The number of amides is 1. The van der Waals surface area contributed by atoms with Crippen molar-refractivity contribution in [1.29, 1.82) is 0 Å². The SMILES string of the molecule is NC(=O)c1cc(Cl)ncc1OC1CC1. The number of hydrogen-bond acceptors (Lipinski definition) is 3. The third-order valence-electron chi connectivity index (χ3n) is 1.92. The Balaban J connectivity index is 2.31. The average molecular weight is 213 g/mol. The standard InChI is InChI=1S/C9H9ClN2O2/c10-8-3-6(9(11)13)7(4-12-8)14-5-1-2-5/h3-5H,1-2H2,(H2,11,13). The van der Waals surface area contributed by atoms with Gasteiger partial charge in [-0.1, -0.05) is 11.6 Å². The number of primary amides is 1. The number of pyridine rings is 1. The van der Waals surface area contributed by atoms with Gasteiger partial charge in [-0.2, -0.15) is 0 Å². The van der Waals surface area contributed by atoms with Crippen LogP contribution in [-0.2, 0) is 0 Å². The van der Waals surface area contributed by atoms with Crippen LogP contribution in [0.5, 0.6) is 5.75 Å². The van der Waals surface area contributed by atoms with Crippen molar-refractivity contribution < 1.29 is 9.53 Å². The molecule has 0 aromatic carbocycles. The van der Waals surface area contributed by atoms with Gasteiger partial charge in [-0.15, -0.1) is 0 Å². The van der Waals surface area contributed by atoms with E-state index in [1.165, 1.54) is 12.3 Å². The number of carbonyl (C=O) groups excluding carboxylic acids is 1. The Morgan fingerprint density at radius 1 is 1.64 bits per heavy atom. The fraction of sp³-hybridized carbons (Fsp3) is 0.333. The molecule has 2 N–H and O–H groups in total. The third kappa shape index (κ3) is 1.96. The molecule has 1 heterocycles. The van der Waals surface area contributed by atoms with Gasteiger partial charge in [-0.3, -0.25) is 4.79 Å². The first-order chi connectivity index (χ1) is 6.66. The highest BCUT2D eigenvalue weighted by molar-refractivity contribution is 6.29. The van der Waals surface area contributed by atoms with Crippen molar-refractivity contribution in [3.8, 4) is 5.75 Å². The Morgan fingerprint density at radius 2 is 2.36 bits per heavy atom. The van der Waals surface area contributed by atoms with Crippen molar-refractivity contribution in [2.45, 2.75) is 18.9 Å². The Morgan fingerprint density at radius 3 is 2.93 bits per heavy atom. The maximum absolute atomic E-state index is 11.0. The van der Waals surface area contributed by atoms with E-state index in [2.05, 4.69) is 4.98 Å². The maximum atomic E-state index is 11.0. The Kier molecular flexibility index (Phi) is 2.29. The van der Waals surface area contributed by atoms with Crippen molar-refractivity contribution in [2.75, 3.05) is 0 Å². The van der Waals surface area contributed by atoms with E-state index >= 15 is 0 Å². The lowest BCUT2D eigenvalue weighted by Gasteiger charge is -2.07. The van der Waals surface area contributed by atoms with Crippen molar-refractivity contribution in [3.05, 3.63) is 23.0 Å². The molecule has 14 heavy (non-hydrogen) atoms. The highest BCUT2D eigenvalue weighted by atomic mass is 35.5. The molecular formula is C9H9ClN2O2. The molecule has 1 amide bonds. The Labute approximate surface area is 86.0 Å². The molecule has 0 spiro atoms. The number of carbonyl (C=O) groups is 1. The summed E-state index contributed by atoms with van der Waals surface area (Å²) >= 11 is 5.64. The van der Waals surface area contributed by atoms with Crippen LogP contribution in [0.15, 0.2) is 12.3 Å². The van der Waals surface area contributed by atoms with Crippen LogP contribution in [0.4, 0.5) is 0 Å². The minimum Gasteiger partial charge on any atom is -0.488 e. The third-order valence-corrected chi connectivity index (χ3v) is 2.12. The lowest BCUT2D eigenvalue weighted by atomic mass is 10.2. The van der Waals surface area contributed by atoms with Gasteiger partial charge in [-0.05, 0) is 18.9 Å². The second-order valence-electron chi connectivity index (χ2n) is 3.18. The summed E-state index contributed by atoms with van der Waals surface area (Å²) in [5.41, 5.74) is 5.46. The maximum Gasteiger partial charge on any atom is 0.252 e. The van der Waals surface area contributed by atoms with Crippen LogP contribution in [-0.4, -0.2) is 17.0 Å². The molecule has 1 aliphatic rings. The quantitative estimate of drug-likeness (QED) is 0.770. The van der Waals surface area contributed by atoms with Crippen LogP contribution in [0.25, 0.3) is 0 Å². The predicted octanol–water partition coefficient (Wildman–Crippen LogP) is 1.38. The second kappa shape index (κ2) is 3.46. The monoisotopic (exact) mass is 212 g/mol. The van der Waals surface area contributed by atoms with Gasteiger partial charge in [0.25, 0.3) is 5.91 Å². The first kappa shape index (κ1) is 9.27. The summed E-state index contributed by atoms with van der Waals surface area (Å²) in [6.07, 6.45) is 3.67. The zero-order valence-corrected chi connectivity index (χ0v) is 8.12. The molecule has 1 aliphatic carbocycles. The molecule has 0 bridgehead atoms. The topological polar surface area (TPSA) is 65.2 Å². The van der Waals surface area contributed by atoms with Gasteiger partial charge < -0.3 is 10.5 Å². The molecule has 0 saturated heterocycles. The van der Waals surface area contributed by atoms with Gasteiger partial charge in [0.05, 0.1) is 17.9 Å². The summed E-state index contributed by atoms with van der Waals surface area (Å²) in [6, 6.07) is 1.42. The number of hydrogen-bond donors (Lipinski definition) is 1. The van der Waals surface area contributed by atoms with E-state index in [0.717, 1.165) is 12.8 Å². The highest BCUT2D eigenvalue weighted by Gasteiger charge is 2.25. The fourth-order valence-electron chi connectivity index (χ4n) is 1.07. The minimum atomic E-state index is -0.551. The van der Waals surface area contributed by atoms with E-state index in [-0.39, 0.29) is 16.8 Å². The number of aromatic nitrogens is 1. The first-order valence-corrected chi connectivity index (χ1v) is 4.66. The van der Waals surface area contributed by atoms with Crippen LogP contribution in [0.3, 0.4) is 0 Å². The van der Waals surface area contributed by atoms with Gasteiger partial charge in [0.2, 0.25) is 0 Å². The van der Waals surface area contributed by atoms with Crippen molar-refractivity contribution in [1.82, 2.24) is 4.98 Å². The molecule has 1 saturated carbocycles. The first-order valence-electron chi connectivity index (χ1n) is 4.29. The van der Waals surface area contributed by atoms with E-state index < -0.39 is 5.91 Å². The molecule has 0 atom stereocenters. The van der Waals surface area contributed by atoms with E-state index in [1.807, 2.05) is 0 Å². The van der Waals surface area contributed by atoms with Crippen LogP contribution in [0.2, 0.25) is 5.15 Å².